The Morgan fingerprint density at radius 1 is 0.441 bits per heavy atom. The number of hydrogen-bond donors (Lipinski definition) is 0. The predicted octanol–water partition coefficient (Wildman–Crippen LogP) is 13.9. The standard InChI is InChI=1S/C55H42N4/c1-35-25-28-43(36-15-7-4-8-16-36)48(31-35)53-44-23-13-21-41(39-26-29-49-51(32-39)58(2)54(56-49)37-17-9-5-10-18-37)46(44)34-47-42(22-14-24-45(47)53)40-27-30-50-52(33-40)59(3)55(57-50)38-19-11-6-12-20-38/h4-24,26-35H,25H2,1-3H3. The Morgan fingerprint density at radius 2 is 0.915 bits per heavy atom. The predicted molar refractivity (Wildman–Crippen MR) is 248 cm³/mol. The molecule has 10 aromatic rings. The lowest BCUT2D eigenvalue weighted by atomic mass is 9.79. The van der Waals surface area contributed by atoms with E-state index in [4.69, 9.17) is 9.97 Å². The van der Waals surface area contributed by atoms with E-state index in [0.717, 1.165) is 51.3 Å². The van der Waals surface area contributed by atoms with E-state index < -0.39 is 0 Å². The Balaban J connectivity index is 1.17. The van der Waals surface area contributed by atoms with Gasteiger partial charge in [-0.1, -0.05) is 159 Å². The Bertz CT molecular complexity index is 3130. The zero-order valence-electron chi connectivity index (χ0n) is 33.4. The fourth-order valence-corrected chi connectivity index (χ4v) is 9.33. The molecule has 0 radical (unpaired) electrons. The Kier molecular flexibility index (Phi) is 8.26. The topological polar surface area (TPSA) is 35.6 Å². The third-order valence-corrected chi connectivity index (χ3v) is 12.3. The first kappa shape index (κ1) is 34.9. The minimum absolute atomic E-state index is 0.409. The number of fused-ring (bicyclic) bond motifs is 4. The highest BCUT2D eigenvalue weighted by Gasteiger charge is 2.23. The van der Waals surface area contributed by atoms with Crippen molar-refractivity contribution in [3.8, 4) is 45.0 Å². The minimum Gasteiger partial charge on any atom is -0.327 e. The minimum atomic E-state index is 0.409. The molecule has 8 aromatic carbocycles. The van der Waals surface area contributed by atoms with Crippen molar-refractivity contribution < 1.29 is 0 Å². The number of allylic oxidation sites excluding steroid dienone is 4. The van der Waals surface area contributed by atoms with Gasteiger partial charge in [0.1, 0.15) is 11.6 Å². The fraction of sp³-hybridized carbons (Fsp3) is 0.0909. The van der Waals surface area contributed by atoms with Crippen LogP contribution in [0.3, 0.4) is 0 Å². The third-order valence-electron chi connectivity index (χ3n) is 12.3. The zero-order chi connectivity index (χ0) is 39.6. The monoisotopic (exact) mass is 758 g/mol. The number of nitrogens with zero attached hydrogens (tertiary/aromatic N) is 4. The second-order valence-corrected chi connectivity index (χ2v) is 16.0. The quantitative estimate of drug-likeness (QED) is 0.158. The van der Waals surface area contributed by atoms with Crippen LogP contribution in [0.4, 0.5) is 0 Å². The average Bonchev–Trinajstić information content (AvgIpc) is 3.80. The highest BCUT2D eigenvalue weighted by molar-refractivity contribution is 6.22. The molecule has 0 spiro atoms. The summed E-state index contributed by atoms with van der Waals surface area (Å²) in [6.07, 6.45) is 5.98. The van der Waals surface area contributed by atoms with Crippen LogP contribution >= 0.6 is 0 Å². The summed E-state index contributed by atoms with van der Waals surface area (Å²) in [6, 6.07) is 61.4. The molecular formula is C55H42N4. The molecule has 59 heavy (non-hydrogen) atoms. The summed E-state index contributed by atoms with van der Waals surface area (Å²) in [4.78, 5) is 10.1. The maximum Gasteiger partial charge on any atom is 0.140 e. The molecule has 2 aromatic heterocycles. The summed E-state index contributed by atoms with van der Waals surface area (Å²) in [7, 11) is 4.25. The van der Waals surface area contributed by atoms with Gasteiger partial charge in [0.25, 0.3) is 0 Å². The number of imidazole rings is 2. The first-order chi connectivity index (χ1) is 29.0. The summed E-state index contributed by atoms with van der Waals surface area (Å²) in [5.74, 6) is 2.34. The molecule has 1 atom stereocenters. The van der Waals surface area contributed by atoms with Crippen LogP contribution in [0.2, 0.25) is 0 Å². The van der Waals surface area contributed by atoms with Crippen LogP contribution in [0.15, 0.2) is 182 Å². The van der Waals surface area contributed by atoms with Crippen molar-refractivity contribution in [1.82, 2.24) is 19.1 Å². The molecule has 1 aliphatic rings. The molecule has 1 unspecified atom stereocenters. The molecule has 4 nitrogen and oxygen atoms in total. The summed E-state index contributed by atoms with van der Waals surface area (Å²) in [5, 5.41) is 4.96. The van der Waals surface area contributed by atoms with Gasteiger partial charge >= 0.3 is 0 Å². The number of hydrogen-bond acceptors (Lipinski definition) is 2. The van der Waals surface area contributed by atoms with E-state index in [-0.39, 0.29) is 0 Å². The zero-order valence-corrected chi connectivity index (χ0v) is 33.4. The molecule has 4 heteroatoms. The number of aryl methyl sites for hydroxylation is 2. The van der Waals surface area contributed by atoms with Gasteiger partial charge in [-0.15, -0.1) is 0 Å². The Hall–Kier alpha value is -7.30. The fourth-order valence-electron chi connectivity index (χ4n) is 9.33. The van der Waals surface area contributed by atoms with Crippen molar-refractivity contribution in [2.75, 3.05) is 0 Å². The van der Waals surface area contributed by atoms with E-state index in [1.165, 1.54) is 66.1 Å². The van der Waals surface area contributed by atoms with Gasteiger partial charge in [0.15, 0.2) is 0 Å². The van der Waals surface area contributed by atoms with Crippen molar-refractivity contribution in [1.29, 1.82) is 0 Å². The number of benzene rings is 8. The van der Waals surface area contributed by atoms with Gasteiger partial charge in [0.2, 0.25) is 0 Å². The van der Waals surface area contributed by atoms with Crippen molar-refractivity contribution in [2.24, 2.45) is 20.0 Å². The number of aromatic nitrogens is 4. The van der Waals surface area contributed by atoms with Crippen LogP contribution in [0.1, 0.15) is 24.5 Å². The van der Waals surface area contributed by atoms with Crippen LogP contribution in [0.25, 0.3) is 99.8 Å². The summed E-state index contributed by atoms with van der Waals surface area (Å²) >= 11 is 0. The largest absolute Gasteiger partial charge is 0.327 e. The highest BCUT2D eigenvalue weighted by Crippen LogP contribution is 2.47. The van der Waals surface area contributed by atoms with Gasteiger partial charge in [-0.05, 0) is 109 Å². The van der Waals surface area contributed by atoms with Gasteiger partial charge < -0.3 is 9.13 Å². The molecule has 0 saturated carbocycles. The van der Waals surface area contributed by atoms with Gasteiger partial charge in [0, 0.05) is 25.2 Å². The summed E-state index contributed by atoms with van der Waals surface area (Å²) < 4.78 is 4.45. The van der Waals surface area contributed by atoms with Crippen LogP contribution in [-0.4, -0.2) is 19.1 Å². The van der Waals surface area contributed by atoms with E-state index >= 15 is 0 Å². The maximum atomic E-state index is 5.07. The second-order valence-electron chi connectivity index (χ2n) is 16.0. The Labute approximate surface area is 344 Å². The van der Waals surface area contributed by atoms with E-state index in [0.29, 0.717) is 5.92 Å². The lowest BCUT2D eigenvalue weighted by molar-refractivity contribution is 0.742. The molecular weight excluding hydrogens is 717 g/mol. The van der Waals surface area contributed by atoms with E-state index in [2.05, 4.69) is 212 Å². The molecule has 282 valence electrons. The smallest absolute Gasteiger partial charge is 0.140 e. The molecule has 0 N–H and O–H groups in total. The summed E-state index contributed by atoms with van der Waals surface area (Å²) in [5.41, 5.74) is 16.3. The SMILES string of the molecule is CC1C=C(c2c3cccc(-c4ccc5nc(-c6ccccc6)n(C)c5c4)c3cc3c(-c4ccc5nc(-c6ccccc6)n(C)c5c4)cccc23)C(c2ccccc2)=CC1. The first-order valence-corrected chi connectivity index (χ1v) is 20.5. The summed E-state index contributed by atoms with van der Waals surface area (Å²) in [6.45, 7) is 2.34. The van der Waals surface area contributed by atoms with E-state index in [9.17, 15) is 0 Å². The second kappa shape index (κ2) is 14.0. The van der Waals surface area contributed by atoms with Crippen LogP contribution < -0.4 is 0 Å². The average molecular weight is 759 g/mol. The molecule has 0 bridgehead atoms. The van der Waals surface area contributed by atoms with Gasteiger partial charge in [-0.2, -0.15) is 0 Å². The first-order valence-electron chi connectivity index (χ1n) is 20.5. The molecule has 2 heterocycles. The maximum absolute atomic E-state index is 5.07. The van der Waals surface area contributed by atoms with Gasteiger partial charge in [-0.25, -0.2) is 9.97 Å². The van der Waals surface area contributed by atoms with E-state index in [1.54, 1.807) is 0 Å². The molecule has 0 aliphatic heterocycles. The molecule has 1 aliphatic carbocycles. The van der Waals surface area contributed by atoms with Crippen LogP contribution in [-0.2, 0) is 14.1 Å². The highest BCUT2D eigenvalue weighted by atomic mass is 15.1. The van der Waals surface area contributed by atoms with Crippen molar-refractivity contribution in [2.45, 2.75) is 13.3 Å². The molecule has 11 rings (SSSR count). The normalized spacial score (nSPS) is 14.3. The van der Waals surface area contributed by atoms with Crippen LogP contribution in [0.5, 0.6) is 0 Å². The number of rotatable bonds is 6. The van der Waals surface area contributed by atoms with Crippen molar-refractivity contribution in [3.63, 3.8) is 0 Å². The third kappa shape index (κ3) is 5.82. The Morgan fingerprint density at radius 3 is 1.41 bits per heavy atom. The van der Waals surface area contributed by atoms with Gasteiger partial charge in [-0.3, -0.25) is 0 Å². The van der Waals surface area contributed by atoms with Crippen molar-refractivity contribution >= 4 is 54.8 Å². The van der Waals surface area contributed by atoms with Crippen molar-refractivity contribution in [3.05, 3.63) is 193 Å². The van der Waals surface area contributed by atoms with Crippen LogP contribution in [0, 0.1) is 5.92 Å². The molecule has 0 fully saturated rings. The van der Waals surface area contributed by atoms with Gasteiger partial charge in [0.05, 0.1) is 22.1 Å². The van der Waals surface area contributed by atoms with E-state index in [1.807, 2.05) is 0 Å². The molecule has 0 amide bonds. The lowest BCUT2D eigenvalue weighted by Gasteiger charge is -2.24. The lowest BCUT2D eigenvalue weighted by Crippen LogP contribution is -2.03. The molecule has 0 saturated heterocycles.